The van der Waals surface area contributed by atoms with Crippen LogP contribution in [-0.2, 0) is 5.75 Å². The van der Waals surface area contributed by atoms with Gasteiger partial charge in [-0.3, -0.25) is 4.79 Å². The van der Waals surface area contributed by atoms with Gasteiger partial charge in [-0.1, -0.05) is 48.2 Å². The Kier molecular flexibility index (Phi) is 5.67. The van der Waals surface area contributed by atoms with Crippen LogP contribution in [0.25, 0.3) is 11.1 Å². The van der Waals surface area contributed by atoms with Gasteiger partial charge >= 0.3 is 6.03 Å². The molecular weight excluding hydrogens is 400 g/mol. The van der Waals surface area contributed by atoms with E-state index in [1.54, 1.807) is 30.3 Å². The number of benzene rings is 3. The summed E-state index contributed by atoms with van der Waals surface area (Å²) in [6.07, 6.45) is 0. The van der Waals surface area contributed by atoms with Crippen molar-refractivity contribution >= 4 is 46.2 Å². The standard InChI is InChI=1S/C22H18N4O3S/c23-21(28)25-16-8-5-7-15(12-16)24-20(27)17-9-2-1-6-14(17)13-30-22-26-18-10-3-4-11-19(18)29-22/h1-12H,13H2,(H,24,27)(H3,23,25,28). The lowest BCUT2D eigenvalue weighted by Gasteiger charge is -2.10. The number of primary amides is 1. The molecule has 3 aromatic carbocycles. The first-order valence-corrected chi connectivity index (χ1v) is 10.1. The number of nitrogens with zero attached hydrogens (tertiary/aromatic N) is 1. The predicted molar refractivity (Wildman–Crippen MR) is 118 cm³/mol. The minimum atomic E-state index is -0.667. The number of thioether (sulfide) groups is 1. The van der Waals surface area contributed by atoms with E-state index in [-0.39, 0.29) is 5.91 Å². The molecule has 3 amide bonds. The number of nitrogens with one attached hydrogen (secondary N) is 2. The smallest absolute Gasteiger partial charge is 0.316 e. The second-order valence-electron chi connectivity index (χ2n) is 6.42. The third-order valence-corrected chi connectivity index (χ3v) is 5.15. The number of carbonyl (C=O) groups is 2. The van der Waals surface area contributed by atoms with Crippen LogP contribution in [0.3, 0.4) is 0 Å². The molecule has 8 heteroatoms. The zero-order valence-electron chi connectivity index (χ0n) is 15.8. The van der Waals surface area contributed by atoms with Gasteiger partial charge in [0.15, 0.2) is 5.58 Å². The summed E-state index contributed by atoms with van der Waals surface area (Å²) >= 11 is 1.43. The van der Waals surface area contributed by atoms with Crippen LogP contribution in [-0.4, -0.2) is 16.9 Å². The van der Waals surface area contributed by atoms with Crippen molar-refractivity contribution in [3.63, 3.8) is 0 Å². The fraction of sp³-hybridized carbons (Fsp3) is 0.0455. The van der Waals surface area contributed by atoms with Gasteiger partial charge in [0.05, 0.1) is 0 Å². The van der Waals surface area contributed by atoms with Gasteiger partial charge in [-0.05, 0) is 42.0 Å². The number of para-hydroxylation sites is 2. The van der Waals surface area contributed by atoms with Crippen molar-refractivity contribution in [3.8, 4) is 0 Å². The Bertz CT molecular complexity index is 1190. The molecule has 0 saturated heterocycles. The first-order chi connectivity index (χ1) is 14.6. The maximum atomic E-state index is 12.8. The third kappa shape index (κ3) is 4.61. The molecule has 0 aliphatic rings. The fourth-order valence-corrected chi connectivity index (χ4v) is 3.78. The lowest BCUT2D eigenvalue weighted by molar-refractivity contribution is 0.102. The number of aromatic nitrogens is 1. The first-order valence-electron chi connectivity index (χ1n) is 9.12. The largest absolute Gasteiger partial charge is 0.431 e. The minimum Gasteiger partial charge on any atom is -0.431 e. The number of urea groups is 1. The van der Waals surface area contributed by atoms with Crippen molar-refractivity contribution in [1.29, 1.82) is 0 Å². The quantitative estimate of drug-likeness (QED) is 0.387. The molecule has 7 nitrogen and oxygen atoms in total. The molecule has 0 spiro atoms. The Morgan fingerprint density at radius 2 is 1.67 bits per heavy atom. The summed E-state index contributed by atoms with van der Waals surface area (Å²) in [7, 11) is 0. The number of fused-ring (bicyclic) bond motifs is 1. The van der Waals surface area contributed by atoms with Crippen LogP contribution in [0.2, 0.25) is 0 Å². The number of oxazole rings is 1. The zero-order chi connectivity index (χ0) is 20.9. The summed E-state index contributed by atoms with van der Waals surface area (Å²) in [4.78, 5) is 28.3. The molecule has 0 unspecified atom stereocenters. The van der Waals surface area contributed by atoms with Gasteiger partial charge in [-0.15, -0.1) is 0 Å². The SMILES string of the molecule is NC(=O)Nc1cccc(NC(=O)c2ccccc2CSc2nc3ccccc3o2)c1. The molecule has 150 valence electrons. The molecule has 4 rings (SSSR count). The van der Waals surface area contributed by atoms with Crippen molar-refractivity contribution in [2.75, 3.05) is 10.6 Å². The van der Waals surface area contributed by atoms with Gasteiger partial charge < -0.3 is 20.8 Å². The minimum absolute atomic E-state index is 0.250. The lowest BCUT2D eigenvalue weighted by atomic mass is 10.1. The molecule has 4 aromatic rings. The van der Waals surface area contributed by atoms with Crippen LogP contribution in [0.1, 0.15) is 15.9 Å². The van der Waals surface area contributed by atoms with E-state index in [0.717, 1.165) is 16.7 Å². The van der Waals surface area contributed by atoms with Crippen LogP contribution < -0.4 is 16.4 Å². The predicted octanol–water partition coefficient (Wildman–Crippen LogP) is 4.86. The van der Waals surface area contributed by atoms with Gasteiger partial charge in [-0.2, -0.15) is 0 Å². The normalized spacial score (nSPS) is 10.7. The maximum absolute atomic E-state index is 12.8. The van der Waals surface area contributed by atoms with Crippen LogP contribution in [0.15, 0.2) is 82.4 Å². The molecule has 0 atom stereocenters. The van der Waals surface area contributed by atoms with E-state index >= 15 is 0 Å². The average molecular weight is 418 g/mol. The number of anilines is 2. The highest BCUT2D eigenvalue weighted by Gasteiger charge is 2.13. The average Bonchev–Trinajstić information content (AvgIpc) is 3.15. The van der Waals surface area contributed by atoms with Gasteiger partial charge in [0.2, 0.25) is 0 Å². The number of hydrogen-bond donors (Lipinski definition) is 3. The van der Waals surface area contributed by atoms with E-state index < -0.39 is 6.03 Å². The molecule has 4 N–H and O–H groups in total. The van der Waals surface area contributed by atoms with Crippen LogP contribution >= 0.6 is 11.8 Å². The monoisotopic (exact) mass is 418 g/mol. The van der Waals surface area contributed by atoms with E-state index in [4.69, 9.17) is 10.2 Å². The second-order valence-corrected chi connectivity index (χ2v) is 7.34. The van der Waals surface area contributed by atoms with Gasteiger partial charge in [0, 0.05) is 22.7 Å². The van der Waals surface area contributed by atoms with E-state index in [0.29, 0.717) is 27.9 Å². The van der Waals surface area contributed by atoms with Gasteiger partial charge in [-0.25, -0.2) is 9.78 Å². The Hall–Kier alpha value is -3.78. The Balaban J connectivity index is 1.48. The highest BCUT2D eigenvalue weighted by Crippen LogP contribution is 2.27. The van der Waals surface area contributed by atoms with E-state index in [2.05, 4.69) is 15.6 Å². The Labute approximate surface area is 176 Å². The van der Waals surface area contributed by atoms with Crippen LogP contribution in [0.5, 0.6) is 0 Å². The number of rotatable bonds is 6. The van der Waals surface area contributed by atoms with Crippen molar-refractivity contribution in [3.05, 3.63) is 83.9 Å². The van der Waals surface area contributed by atoms with E-state index in [1.807, 2.05) is 42.5 Å². The first kappa shape index (κ1) is 19.5. The van der Waals surface area contributed by atoms with Crippen LogP contribution in [0, 0.1) is 0 Å². The fourth-order valence-electron chi connectivity index (χ4n) is 2.94. The summed E-state index contributed by atoms with van der Waals surface area (Å²) in [5.74, 6) is 0.277. The molecule has 0 radical (unpaired) electrons. The number of carbonyl (C=O) groups excluding carboxylic acids is 2. The van der Waals surface area contributed by atoms with Crippen molar-refractivity contribution in [2.45, 2.75) is 11.0 Å². The summed E-state index contributed by atoms with van der Waals surface area (Å²) < 4.78 is 5.74. The molecule has 1 aromatic heterocycles. The van der Waals surface area contributed by atoms with Crippen molar-refractivity contribution in [2.24, 2.45) is 5.73 Å². The molecule has 0 saturated carbocycles. The van der Waals surface area contributed by atoms with Gasteiger partial charge in [0.25, 0.3) is 11.1 Å². The molecule has 0 fully saturated rings. The number of nitrogens with two attached hydrogens (primary N) is 1. The summed E-state index contributed by atoms with van der Waals surface area (Å²) in [5, 5.41) is 5.89. The Morgan fingerprint density at radius 3 is 2.47 bits per heavy atom. The number of amides is 3. The lowest BCUT2D eigenvalue weighted by Crippen LogP contribution is -2.19. The molecule has 30 heavy (non-hydrogen) atoms. The van der Waals surface area contributed by atoms with Gasteiger partial charge in [0.1, 0.15) is 5.52 Å². The molecule has 0 aliphatic heterocycles. The molecule has 0 bridgehead atoms. The zero-order valence-corrected chi connectivity index (χ0v) is 16.6. The van der Waals surface area contributed by atoms with Crippen molar-refractivity contribution < 1.29 is 14.0 Å². The topological polar surface area (TPSA) is 110 Å². The van der Waals surface area contributed by atoms with E-state index in [1.165, 1.54) is 11.8 Å². The molecule has 1 heterocycles. The van der Waals surface area contributed by atoms with Crippen LogP contribution in [0.4, 0.5) is 16.2 Å². The maximum Gasteiger partial charge on any atom is 0.316 e. The summed E-state index contributed by atoms with van der Waals surface area (Å²) in [6.45, 7) is 0. The second kappa shape index (κ2) is 8.71. The molecular formula is C22H18N4O3S. The summed E-state index contributed by atoms with van der Waals surface area (Å²) in [5.41, 5.74) is 9.13. The summed E-state index contributed by atoms with van der Waals surface area (Å²) in [6, 6.07) is 21.0. The highest BCUT2D eigenvalue weighted by atomic mass is 32.2. The highest BCUT2D eigenvalue weighted by molar-refractivity contribution is 7.98. The van der Waals surface area contributed by atoms with Crippen molar-refractivity contribution in [1.82, 2.24) is 4.98 Å². The molecule has 0 aliphatic carbocycles. The number of hydrogen-bond acceptors (Lipinski definition) is 5. The third-order valence-electron chi connectivity index (χ3n) is 4.28. The van der Waals surface area contributed by atoms with E-state index in [9.17, 15) is 9.59 Å². The Morgan fingerprint density at radius 1 is 0.933 bits per heavy atom.